The Morgan fingerprint density at radius 1 is 1.19 bits per heavy atom. The maximum atomic E-state index is 11.7. The molecular weight excluding hydrogens is 307 g/mol. The molecule has 21 heavy (non-hydrogen) atoms. The van der Waals surface area contributed by atoms with E-state index in [4.69, 9.17) is 0 Å². The Hall–Kier alpha value is -1.12. The number of likely N-dealkylation sites (tertiary alicyclic amines) is 1. The molecule has 1 saturated heterocycles. The van der Waals surface area contributed by atoms with Gasteiger partial charge >= 0.3 is 5.25 Å². The molecule has 0 amide bonds. The number of alkyl halides is 2. The number of halogens is 3. The van der Waals surface area contributed by atoms with E-state index >= 15 is 0 Å². The summed E-state index contributed by atoms with van der Waals surface area (Å²) in [7, 11) is -5.96. The fraction of sp³-hybridized carbons (Fsp3) is 0.538. The van der Waals surface area contributed by atoms with Crippen molar-refractivity contribution in [1.82, 2.24) is 0 Å². The lowest BCUT2D eigenvalue weighted by Crippen LogP contribution is -2.45. The van der Waals surface area contributed by atoms with Gasteiger partial charge in [0.2, 0.25) is 0 Å². The quantitative estimate of drug-likeness (QED) is 0.428. The maximum Gasteiger partial charge on any atom is 0.384 e. The predicted molar refractivity (Wildman–Crippen MR) is 74.2 cm³/mol. The largest absolute Gasteiger partial charge is 0.743 e. The summed E-state index contributed by atoms with van der Waals surface area (Å²) in [5.74, 6) is -2.47. The Balaban J connectivity index is 0.000000384. The highest BCUT2D eigenvalue weighted by Crippen LogP contribution is 2.28. The van der Waals surface area contributed by atoms with Gasteiger partial charge in [-0.3, -0.25) is 0 Å². The normalized spacial score (nSPS) is 17.5. The van der Waals surface area contributed by atoms with Crippen molar-refractivity contribution in [2.75, 3.05) is 26.2 Å². The molecule has 0 atom stereocenters. The second-order valence-electron chi connectivity index (χ2n) is 4.81. The lowest BCUT2D eigenvalue weighted by Gasteiger charge is -2.31. The van der Waals surface area contributed by atoms with Gasteiger partial charge in [0, 0.05) is 12.8 Å². The first-order valence-electron chi connectivity index (χ1n) is 6.27. The number of hydrogen-bond donors (Lipinski definition) is 0. The van der Waals surface area contributed by atoms with Crippen LogP contribution in [0.25, 0.3) is 0 Å². The van der Waals surface area contributed by atoms with E-state index in [0.717, 1.165) is 13.1 Å². The van der Waals surface area contributed by atoms with Crippen molar-refractivity contribution in [1.29, 1.82) is 0 Å². The van der Waals surface area contributed by atoms with Crippen LogP contribution in [0.3, 0.4) is 0 Å². The Morgan fingerprint density at radius 3 is 1.76 bits per heavy atom. The Bertz CT molecular complexity index is 471. The van der Waals surface area contributed by atoms with Crippen LogP contribution in [0.1, 0.15) is 12.8 Å². The molecule has 1 rings (SSSR count). The predicted octanol–water partition coefficient (Wildman–Crippen LogP) is 2.58. The van der Waals surface area contributed by atoms with Crippen molar-refractivity contribution in [2.45, 2.75) is 18.1 Å². The average molecular weight is 327 g/mol. The van der Waals surface area contributed by atoms with E-state index in [9.17, 15) is 26.1 Å². The van der Waals surface area contributed by atoms with E-state index in [-0.39, 0.29) is 0 Å². The lowest BCUT2D eigenvalue weighted by atomic mass is 10.3. The van der Waals surface area contributed by atoms with Crippen LogP contribution >= 0.6 is 0 Å². The van der Waals surface area contributed by atoms with Crippen LogP contribution in [0.2, 0.25) is 0 Å². The highest BCUT2D eigenvalue weighted by atomic mass is 32.2. The number of quaternary nitrogens is 1. The summed E-state index contributed by atoms with van der Waals surface area (Å²) in [6, 6.07) is 0. The van der Waals surface area contributed by atoms with E-state index < -0.39 is 21.2 Å². The van der Waals surface area contributed by atoms with Gasteiger partial charge < -0.3 is 9.04 Å². The van der Waals surface area contributed by atoms with Crippen LogP contribution in [0.15, 0.2) is 37.7 Å². The first-order chi connectivity index (χ1) is 9.52. The minimum absolute atomic E-state index is 1.12. The van der Waals surface area contributed by atoms with Crippen molar-refractivity contribution in [3.63, 3.8) is 0 Å². The van der Waals surface area contributed by atoms with Gasteiger partial charge in [-0.25, -0.2) is 12.8 Å². The molecule has 0 bridgehead atoms. The smallest absolute Gasteiger partial charge is 0.384 e. The fourth-order valence-corrected chi connectivity index (χ4v) is 2.40. The monoisotopic (exact) mass is 327 g/mol. The Labute approximate surface area is 123 Å². The van der Waals surface area contributed by atoms with Gasteiger partial charge in [-0.15, -0.1) is 0 Å². The SMILES string of the molecule is C=C(F)C(F)(F)S(=O)(=O)[O-].C=CC[N+]1(CC=C)CCCC1. The standard InChI is InChI=1S/C10H18N.C3H3F3O3S/c1-3-7-11(8-4-2)9-5-6-10-11;1-2(4)3(5,6)10(7,8)9/h3-4H,1-2,5-10H2;1H2,(H,7,8,9)/q+1;/p-1. The van der Waals surface area contributed by atoms with Crippen LogP contribution in [0.5, 0.6) is 0 Å². The fourth-order valence-electron chi connectivity index (χ4n) is 2.13. The van der Waals surface area contributed by atoms with Crippen molar-refractivity contribution in [3.05, 3.63) is 37.7 Å². The van der Waals surface area contributed by atoms with Crippen molar-refractivity contribution < 1.29 is 30.6 Å². The van der Waals surface area contributed by atoms with E-state index in [1.807, 2.05) is 18.7 Å². The molecule has 0 radical (unpaired) electrons. The maximum absolute atomic E-state index is 11.7. The molecular formula is C13H20F3NO3S. The first-order valence-corrected chi connectivity index (χ1v) is 7.68. The van der Waals surface area contributed by atoms with Gasteiger partial charge in [0.05, 0.1) is 26.2 Å². The van der Waals surface area contributed by atoms with E-state index in [1.54, 1.807) is 0 Å². The van der Waals surface area contributed by atoms with Crippen LogP contribution in [0.4, 0.5) is 13.2 Å². The third kappa shape index (κ3) is 5.64. The molecule has 122 valence electrons. The second-order valence-corrected chi connectivity index (χ2v) is 6.24. The van der Waals surface area contributed by atoms with Crippen molar-refractivity contribution in [2.24, 2.45) is 0 Å². The van der Waals surface area contributed by atoms with Crippen LogP contribution in [0, 0.1) is 0 Å². The molecule has 0 aromatic rings. The molecule has 0 unspecified atom stereocenters. The van der Waals surface area contributed by atoms with Gasteiger partial charge in [0.15, 0.2) is 15.9 Å². The van der Waals surface area contributed by atoms with Crippen molar-refractivity contribution in [3.8, 4) is 0 Å². The summed E-state index contributed by atoms with van der Waals surface area (Å²) in [5.41, 5.74) is 0. The highest BCUT2D eigenvalue weighted by Gasteiger charge is 2.41. The van der Waals surface area contributed by atoms with Gasteiger partial charge in [0.1, 0.15) is 0 Å². The summed E-state index contributed by atoms with van der Waals surface area (Å²) in [6.45, 7) is 14.5. The minimum atomic E-state index is -5.96. The van der Waals surface area contributed by atoms with Crippen LogP contribution < -0.4 is 0 Å². The van der Waals surface area contributed by atoms with E-state index in [2.05, 4.69) is 13.2 Å². The molecule has 1 fully saturated rings. The lowest BCUT2D eigenvalue weighted by molar-refractivity contribution is -0.905. The van der Waals surface area contributed by atoms with Gasteiger partial charge in [0.25, 0.3) is 0 Å². The number of nitrogens with zero attached hydrogens (tertiary/aromatic N) is 1. The van der Waals surface area contributed by atoms with Gasteiger partial charge in [-0.05, 0) is 12.2 Å². The molecule has 0 aromatic carbocycles. The second kappa shape index (κ2) is 7.77. The zero-order chi connectivity index (χ0) is 16.7. The number of rotatable bonds is 6. The van der Waals surface area contributed by atoms with Crippen LogP contribution in [-0.2, 0) is 10.1 Å². The van der Waals surface area contributed by atoms with Crippen LogP contribution in [-0.4, -0.2) is 48.9 Å². The van der Waals surface area contributed by atoms with E-state index in [1.165, 1.54) is 30.4 Å². The molecule has 0 spiro atoms. The van der Waals surface area contributed by atoms with Crippen molar-refractivity contribution >= 4 is 10.1 Å². The molecule has 4 nitrogen and oxygen atoms in total. The average Bonchev–Trinajstić information content (AvgIpc) is 2.78. The zero-order valence-electron chi connectivity index (χ0n) is 11.7. The topological polar surface area (TPSA) is 57.2 Å². The summed E-state index contributed by atoms with van der Waals surface area (Å²) in [4.78, 5) is 0. The zero-order valence-corrected chi connectivity index (χ0v) is 12.5. The molecule has 0 aromatic heterocycles. The summed E-state index contributed by atoms with van der Waals surface area (Å²) in [5, 5.41) is -5.01. The molecule has 1 heterocycles. The highest BCUT2D eigenvalue weighted by molar-refractivity contribution is 7.87. The Kier molecular flexibility index (Phi) is 7.35. The summed E-state index contributed by atoms with van der Waals surface area (Å²) in [6.07, 6.45) is 6.83. The third-order valence-electron chi connectivity index (χ3n) is 3.18. The summed E-state index contributed by atoms with van der Waals surface area (Å²) >= 11 is 0. The molecule has 8 heteroatoms. The molecule has 1 aliphatic rings. The van der Waals surface area contributed by atoms with Gasteiger partial charge in [-0.1, -0.05) is 19.7 Å². The number of hydrogen-bond acceptors (Lipinski definition) is 3. The molecule has 0 N–H and O–H groups in total. The third-order valence-corrected chi connectivity index (χ3v) is 4.03. The first kappa shape index (κ1) is 19.9. The van der Waals surface area contributed by atoms with E-state index in [0.29, 0.717) is 0 Å². The van der Waals surface area contributed by atoms with Gasteiger partial charge in [-0.2, -0.15) is 8.78 Å². The molecule has 1 aliphatic heterocycles. The molecule has 0 saturated carbocycles. The molecule has 0 aliphatic carbocycles. The summed E-state index contributed by atoms with van der Waals surface area (Å²) < 4.78 is 64.5. The Morgan fingerprint density at radius 2 is 1.57 bits per heavy atom. The minimum Gasteiger partial charge on any atom is -0.743 e.